The molecule has 0 aliphatic heterocycles. The minimum Gasteiger partial charge on any atom is -0.577 e. The van der Waals surface area contributed by atoms with Gasteiger partial charge in [0.15, 0.2) is 17.5 Å². The molecule has 7 aromatic rings. The van der Waals surface area contributed by atoms with Crippen LogP contribution in [0.3, 0.4) is 0 Å². The van der Waals surface area contributed by atoms with Crippen LogP contribution in [-0.2, 0) is 37.8 Å². The van der Waals surface area contributed by atoms with E-state index in [2.05, 4.69) is 161 Å². The predicted octanol–water partition coefficient (Wildman–Crippen LogP) is 11.0. The number of para-hydroxylation sites is 2. The fourth-order valence-corrected chi connectivity index (χ4v) is 6.98. The molecule has 1 atom stereocenters. The summed E-state index contributed by atoms with van der Waals surface area (Å²) in [5.41, 5.74) is 9.87. The van der Waals surface area contributed by atoms with Crippen molar-refractivity contribution in [1.29, 1.82) is 0 Å². The number of aryl methyl sites for hydroxylation is 3. The molecule has 0 saturated heterocycles. The summed E-state index contributed by atoms with van der Waals surface area (Å²) in [4.78, 5) is 14.8. The van der Waals surface area contributed by atoms with Crippen molar-refractivity contribution in [2.24, 2.45) is 0 Å². The molecule has 2 aromatic heterocycles. The second kappa shape index (κ2) is 24.5. The first kappa shape index (κ1) is 47.9. The van der Waals surface area contributed by atoms with Crippen LogP contribution in [0.4, 0.5) is 0 Å². The first-order chi connectivity index (χ1) is 26.0. The van der Waals surface area contributed by atoms with Crippen molar-refractivity contribution in [3.63, 3.8) is 0 Å². The van der Waals surface area contributed by atoms with Crippen LogP contribution in [0, 0.1) is 0 Å². The fourth-order valence-electron chi connectivity index (χ4n) is 6.98. The van der Waals surface area contributed by atoms with Crippen molar-refractivity contribution in [2.75, 3.05) is 0 Å². The fraction of sp³-hybridized carbons (Fsp3) is 0.327. The summed E-state index contributed by atoms with van der Waals surface area (Å²) in [7, 11) is 0. The molecule has 4 nitrogen and oxygen atoms in total. The topological polar surface area (TPSA) is 43.6 Å². The average molecular weight is 824 g/mol. The Labute approximate surface area is 394 Å². The molecule has 0 bridgehead atoms. The standard InChI is InChI=1S/C33H39N3.C16H17N.K.H2P.V/c1-4-7-10-25-13-19-28(20-14-25)31-34-32(29-21-15-26(16-22-29)11-8-5-2)36-33(35-31)30-23-17-27(18-24-30)12-9-6-3;1-3-12(2)17-15-10-6-4-8-13(15)14-9-5-7-11-16(14)17;;;/h13-24H,4-12H2,1-3H3;4-12H,3H2,1-2H3;;1H2;/q;;+1;-1;. The minimum atomic E-state index is 0. The van der Waals surface area contributed by atoms with E-state index in [4.69, 9.17) is 15.0 Å². The normalized spacial score (nSPS) is 11.2. The Hall–Kier alpha value is -2.44. The number of hydrogen-bond donors (Lipinski definition) is 0. The average Bonchev–Trinajstić information content (AvgIpc) is 3.56. The molecule has 7 heteroatoms. The van der Waals surface area contributed by atoms with Crippen molar-refractivity contribution >= 4 is 31.7 Å². The van der Waals surface area contributed by atoms with E-state index in [-0.39, 0.29) is 79.8 Å². The van der Waals surface area contributed by atoms with E-state index in [9.17, 15) is 0 Å². The second-order valence-electron chi connectivity index (χ2n) is 14.4. The van der Waals surface area contributed by atoms with Crippen LogP contribution in [0.5, 0.6) is 0 Å². The molecule has 285 valence electrons. The molecule has 0 N–H and O–H groups in total. The summed E-state index contributed by atoms with van der Waals surface area (Å²) in [5.74, 6) is 2.17. The van der Waals surface area contributed by atoms with Crippen LogP contribution in [0.1, 0.15) is 102 Å². The van der Waals surface area contributed by atoms with Crippen molar-refractivity contribution < 1.29 is 69.9 Å². The van der Waals surface area contributed by atoms with Gasteiger partial charge in [0.2, 0.25) is 0 Å². The van der Waals surface area contributed by atoms with E-state index in [1.54, 1.807) is 0 Å². The van der Waals surface area contributed by atoms with E-state index in [1.165, 1.54) is 77.0 Å². The summed E-state index contributed by atoms with van der Waals surface area (Å²) in [5, 5.41) is 2.73. The van der Waals surface area contributed by atoms with Crippen LogP contribution in [-0.4, -0.2) is 19.5 Å². The maximum atomic E-state index is 4.92. The van der Waals surface area contributed by atoms with Crippen LogP contribution in [0.15, 0.2) is 121 Å². The minimum absolute atomic E-state index is 0. The number of nitrogens with zero attached hydrogens (tertiary/aromatic N) is 4. The van der Waals surface area contributed by atoms with Crippen molar-refractivity contribution in [1.82, 2.24) is 19.5 Å². The van der Waals surface area contributed by atoms with Crippen molar-refractivity contribution in [3.05, 3.63) is 138 Å². The van der Waals surface area contributed by atoms with Crippen LogP contribution in [0.25, 0.3) is 56.0 Å². The zero-order valence-corrected chi connectivity index (χ0v) is 40.2. The Balaban J connectivity index is 0.000000353. The number of rotatable bonds is 14. The Bertz CT molecular complexity index is 1980. The Morgan fingerprint density at radius 2 is 0.768 bits per heavy atom. The number of benzene rings is 5. The van der Waals surface area contributed by atoms with Gasteiger partial charge in [-0.3, -0.25) is 0 Å². The maximum Gasteiger partial charge on any atom is 1.00 e. The summed E-state index contributed by atoms with van der Waals surface area (Å²) in [6.45, 7) is 11.2. The molecule has 0 amide bonds. The van der Waals surface area contributed by atoms with Gasteiger partial charge in [0.1, 0.15) is 0 Å². The van der Waals surface area contributed by atoms with E-state index < -0.39 is 0 Å². The molecule has 0 aliphatic carbocycles. The Kier molecular flexibility index (Phi) is 20.9. The zero-order valence-electron chi connectivity index (χ0n) is 34.5. The van der Waals surface area contributed by atoms with E-state index in [0.29, 0.717) is 6.04 Å². The van der Waals surface area contributed by atoms with Gasteiger partial charge in [0, 0.05) is 63.1 Å². The summed E-state index contributed by atoms with van der Waals surface area (Å²) >= 11 is 0. The Morgan fingerprint density at radius 1 is 0.464 bits per heavy atom. The first-order valence-electron chi connectivity index (χ1n) is 20.0. The van der Waals surface area contributed by atoms with Gasteiger partial charge in [-0.1, -0.05) is 156 Å². The summed E-state index contributed by atoms with van der Waals surface area (Å²) in [6.07, 6.45) is 11.7. The first-order valence-corrected chi connectivity index (χ1v) is 20.0. The monoisotopic (exact) mass is 823 g/mol. The van der Waals surface area contributed by atoms with Crippen molar-refractivity contribution in [2.45, 2.75) is 105 Å². The third kappa shape index (κ3) is 12.3. The zero-order chi connectivity index (χ0) is 37.0. The summed E-state index contributed by atoms with van der Waals surface area (Å²) in [6, 6.07) is 44.1. The van der Waals surface area contributed by atoms with E-state index in [1.807, 2.05) is 0 Å². The molecule has 2 heterocycles. The van der Waals surface area contributed by atoms with E-state index in [0.717, 1.165) is 59.8 Å². The second-order valence-corrected chi connectivity index (χ2v) is 14.4. The van der Waals surface area contributed by atoms with Gasteiger partial charge in [-0.25, -0.2) is 15.0 Å². The SMILES string of the molecule is CCC(C)n1c2ccccc2c2ccccc21.CCCCc1ccc(-c2nc(-c3ccc(CCCC)cc3)nc(-c3ccc(CCCC)cc3)n2)cc1.[K+].[PH2-].[V]. The molecule has 56 heavy (non-hydrogen) atoms. The summed E-state index contributed by atoms with van der Waals surface area (Å²) < 4.78 is 2.46. The largest absolute Gasteiger partial charge is 1.00 e. The molecule has 5 aromatic carbocycles. The molecule has 0 aliphatic rings. The predicted molar refractivity (Wildman–Crippen MR) is 236 cm³/mol. The number of hydrogen-bond acceptors (Lipinski definition) is 3. The molecule has 7 rings (SSSR count). The quantitative estimate of drug-likeness (QED) is 0.0811. The van der Waals surface area contributed by atoms with Crippen LogP contribution in [0.2, 0.25) is 0 Å². The molecular weight excluding hydrogens is 766 g/mol. The van der Waals surface area contributed by atoms with Gasteiger partial charge in [-0.15, -0.1) is 0 Å². The van der Waals surface area contributed by atoms with Crippen LogP contribution < -0.4 is 51.4 Å². The van der Waals surface area contributed by atoms with Gasteiger partial charge < -0.3 is 14.5 Å². The van der Waals surface area contributed by atoms with Crippen LogP contribution >= 0.6 is 9.90 Å². The van der Waals surface area contributed by atoms with Gasteiger partial charge in [0.25, 0.3) is 0 Å². The van der Waals surface area contributed by atoms with E-state index >= 15 is 0 Å². The van der Waals surface area contributed by atoms with Gasteiger partial charge >= 0.3 is 51.4 Å². The number of aromatic nitrogens is 4. The van der Waals surface area contributed by atoms with Crippen molar-refractivity contribution in [3.8, 4) is 34.2 Å². The smallest absolute Gasteiger partial charge is 0.577 e. The third-order valence-corrected chi connectivity index (χ3v) is 10.4. The molecular formula is C49H58KN4PV. The van der Waals surface area contributed by atoms with Gasteiger partial charge in [-0.2, -0.15) is 0 Å². The van der Waals surface area contributed by atoms with Gasteiger partial charge in [-0.05, 0) is 80.7 Å². The Morgan fingerprint density at radius 3 is 1.05 bits per heavy atom. The number of fused-ring (bicyclic) bond motifs is 3. The molecule has 0 fully saturated rings. The maximum absolute atomic E-state index is 4.92. The molecule has 0 spiro atoms. The van der Waals surface area contributed by atoms with Gasteiger partial charge in [0.05, 0.1) is 0 Å². The number of unbranched alkanes of at least 4 members (excludes halogenated alkanes) is 3. The molecule has 0 saturated carbocycles. The molecule has 1 radical (unpaired) electrons. The third-order valence-electron chi connectivity index (χ3n) is 10.4. The molecule has 1 unspecified atom stereocenters.